The third-order valence-corrected chi connectivity index (χ3v) is 6.12. The van der Waals surface area contributed by atoms with Crippen LogP contribution in [0.5, 0.6) is 11.5 Å². The lowest BCUT2D eigenvalue weighted by Gasteiger charge is -2.14. The molecule has 172 valence electrons. The van der Waals surface area contributed by atoms with E-state index >= 15 is 0 Å². The van der Waals surface area contributed by atoms with E-state index in [1.165, 1.54) is 42.0 Å². The van der Waals surface area contributed by atoms with E-state index in [1.807, 2.05) is 0 Å². The Hall–Kier alpha value is -3.44. The van der Waals surface area contributed by atoms with Crippen LogP contribution in [0.15, 0.2) is 47.4 Å². The Labute approximate surface area is 199 Å². The number of ether oxygens (including phenoxy) is 2. The summed E-state index contributed by atoms with van der Waals surface area (Å²) in [5.74, 6) is 0.516. The smallest absolute Gasteiger partial charge is 0.292 e. The summed E-state index contributed by atoms with van der Waals surface area (Å²) in [5.41, 5.74) is 0.719. The van der Waals surface area contributed by atoms with Crippen LogP contribution in [0.3, 0.4) is 0 Å². The van der Waals surface area contributed by atoms with Crippen LogP contribution in [0, 0.1) is 10.1 Å². The maximum absolute atomic E-state index is 12.8. The van der Waals surface area contributed by atoms with Crippen molar-refractivity contribution < 1.29 is 24.0 Å². The minimum atomic E-state index is -0.555. The fraction of sp³-hybridized carbons (Fsp3) is 0.227. The quantitative estimate of drug-likeness (QED) is 0.242. The normalized spacial score (nSPS) is 14.5. The molecule has 11 heteroatoms. The Kier molecular flexibility index (Phi) is 8.01. The molecule has 0 saturated carbocycles. The number of thioether (sulfide) groups is 1. The van der Waals surface area contributed by atoms with Crippen molar-refractivity contribution in [1.29, 1.82) is 0 Å². The predicted molar refractivity (Wildman–Crippen MR) is 130 cm³/mol. The Bertz CT molecular complexity index is 1130. The Balaban J connectivity index is 1.59. The van der Waals surface area contributed by atoms with E-state index in [0.29, 0.717) is 27.1 Å². The molecule has 9 nitrogen and oxygen atoms in total. The molecular formula is C22H21N3O6S2. The van der Waals surface area contributed by atoms with Crippen LogP contribution in [0.25, 0.3) is 6.08 Å². The van der Waals surface area contributed by atoms with Crippen molar-refractivity contribution in [2.24, 2.45) is 0 Å². The lowest BCUT2D eigenvalue weighted by Crippen LogP contribution is -2.29. The van der Waals surface area contributed by atoms with Gasteiger partial charge in [-0.3, -0.25) is 24.6 Å². The standard InChI is InChI=1S/C22H21N3O6S2/c1-30-17-10-9-14(12-18(17)31-2)13-19-21(27)24(22(32)33-19)11-5-8-20(26)23-15-6-3-4-7-16(15)25(28)29/h3-4,6-7,9-10,12-13H,5,8,11H2,1-2H3,(H,23,26). The summed E-state index contributed by atoms with van der Waals surface area (Å²) < 4.78 is 10.9. The van der Waals surface area contributed by atoms with E-state index in [1.54, 1.807) is 37.5 Å². The highest BCUT2D eigenvalue weighted by Crippen LogP contribution is 2.35. The van der Waals surface area contributed by atoms with Gasteiger partial charge in [0.05, 0.1) is 24.0 Å². The Morgan fingerprint density at radius 1 is 1.21 bits per heavy atom. The Morgan fingerprint density at radius 3 is 2.64 bits per heavy atom. The lowest BCUT2D eigenvalue weighted by atomic mass is 10.2. The van der Waals surface area contributed by atoms with Crippen molar-refractivity contribution in [3.05, 3.63) is 63.0 Å². The van der Waals surface area contributed by atoms with Crippen molar-refractivity contribution in [3.63, 3.8) is 0 Å². The van der Waals surface area contributed by atoms with Gasteiger partial charge >= 0.3 is 0 Å². The van der Waals surface area contributed by atoms with E-state index < -0.39 is 4.92 Å². The zero-order valence-electron chi connectivity index (χ0n) is 17.9. The maximum Gasteiger partial charge on any atom is 0.292 e. The number of hydrogen-bond donors (Lipinski definition) is 1. The average Bonchev–Trinajstić information content (AvgIpc) is 3.06. The van der Waals surface area contributed by atoms with Crippen LogP contribution in [0.4, 0.5) is 11.4 Å². The van der Waals surface area contributed by atoms with Crippen molar-refractivity contribution >= 4 is 57.6 Å². The molecular weight excluding hydrogens is 466 g/mol. The number of methoxy groups -OCH3 is 2. The number of hydrogen-bond acceptors (Lipinski definition) is 8. The van der Waals surface area contributed by atoms with Gasteiger partial charge in [0.25, 0.3) is 11.6 Å². The molecule has 33 heavy (non-hydrogen) atoms. The first kappa shape index (κ1) is 24.2. The van der Waals surface area contributed by atoms with Crippen LogP contribution in [0.2, 0.25) is 0 Å². The van der Waals surface area contributed by atoms with Gasteiger partial charge in [0, 0.05) is 19.0 Å². The third kappa shape index (κ3) is 5.88. The number of nitro benzene ring substituents is 1. The minimum Gasteiger partial charge on any atom is -0.493 e. The van der Waals surface area contributed by atoms with Gasteiger partial charge < -0.3 is 14.8 Å². The topological polar surface area (TPSA) is 111 Å². The number of nitrogens with one attached hydrogen (secondary N) is 1. The number of carbonyl (C=O) groups is 2. The fourth-order valence-corrected chi connectivity index (χ4v) is 4.44. The maximum atomic E-state index is 12.8. The molecule has 0 spiro atoms. The van der Waals surface area contributed by atoms with E-state index in [2.05, 4.69) is 5.32 Å². The summed E-state index contributed by atoms with van der Waals surface area (Å²) in [5, 5.41) is 13.6. The van der Waals surface area contributed by atoms with Gasteiger partial charge in [-0.1, -0.05) is 42.2 Å². The molecule has 3 rings (SSSR count). The zero-order chi connectivity index (χ0) is 24.0. The molecule has 0 unspecified atom stereocenters. The van der Waals surface area contributed by atoms with E-state index in [9.17, 15) is 19.7 Å². The lowest BCUT2D eigenvalue weighted by molar-refractivity contribution is -0.383. The molecule has 0 aliphatic carbocycles. The summed E-state index contributed by atoms with van der Waals surface area (Å²) in [6.07, 6.45) is 2.16. The number of benzene rings is 2. The molecule has 2 aromatic rings. The van der Waals surface area contributed by atoms with Crippen molar-refractivity contribution in [2.75, 3.05) is 26.1 Å². The second kappa shape index (κ2) is 10.9. The predicted octanol–water partition coefficient (Wildman–Crippen LogP) is 4.23. The second-order valence-electron chi connectivity index (χ2n) is 6.87. The molecule has 0 bridgehead atoms. The Morgan fingerprint density at radius 2 is 1.94 bits per heavy atom. The molecule has 1 heterocycles. The van der Waals surface area contributed by atoms with Crippen LogP contribution in [-0.4, -0.2) is 46.7 Å². The highest BCUT2D eigenvalue weighted by atomic mass is 32.2. The van der Waals surface area contributed by atoms with E-state index in [4.69, 9.17) is 21.7 Å². The molecule has 2 amide bonds. The number of thiocarbonyl (C=S) groups is 1. The number of para-hydroxylation sites is 2. The van der Waals surface area contributed by atoms with Crippen LogP contribution >= 0.6 is 24.0 Å². The first-order chi connectivity index (χ1) is 15.8. The molecule has 1 N–H and O–H groups in total. The van der Waals surface area contributed by atoms with Gasteiger partial charge in [-0.2, -0.15) is 0 Å². The second-order valence-corrected chi connectivity index (χ2v) is 8.55. The van der Waals surface area contributed by atoms with Gasteiger partial charge in [0.2, 0.25) is 5.91 Å². The van der Waals surface area contributed by atoms with E-state index in [0.717, 1.165) is 5.56 Å². The number of nitro groups is 1. The van der Waals surface area contributed by atoms with Gasteiger partial charge in [0.1, 0.15) is 10.0 Å². The monoisotopic (exact) mass is 487 g/mol. The van der Waals surface area contributed by atoms with Gasteiger partial charge in [-0.25, -0.2) is 0 Å². The summed E-state index contributed by atoms with van der Waals surface area (Å²) in [6, 6.07) is 11.2. The van der Waals surface area contributed by atoms with Crippen LogP contribution in [-0.2, 0) is 9.59 Å². The molecule has 2 aromatic carbocycles. The summed E-state index contributed by atoms with van der Waals surface area (Å²) in [6.45, 7) is 0.262. The SMILES string of the molecule is COc1ccc(C=C2SC(=S)N(CCCC(=O)Nc3ccccc3[N+](=O)[O-])C2=O)cc1OC. The largest absolute Gasteiger partial charge is 0.493 e. The number of rotatable bonds is 9. The molecule has 1 aliphatic rings. The molecule has 0 aromatic heterocycles. The average molecular weight is 488 g/mol. The zero-order valence-corrected chi connectivity index (χ0v) is 19.5. The van der Waals surface area contributed by atoms with Gasteiger partial charge in [0.15, 0.2) is 11.5 Å². The summed E-state index contributed by atoms with van der Waals surface area (Å²) in [7, 11) is 3.08. The highest BCUT2D eigenvalue weighted by Gasteiger charge is 2.31. The summed E-state index contributed by atoms with van der Waals surface area (Å²) in [4.78, 5) is 37.5. The van der Waals surface area contributed by atoms with Crippen LogP contribution in [0.1, 0.15) is 18.4 Å². The number of nitrogens with zero attached hydrogens (tertiary/aromatic N) is 2. The minimum absolute atomic E-state index is 0.0812. The van der Waals surface area contributed by atoms with Crippen LogP contribution < -0.4 is 14.8 Å². The van der Waals surface area contributed by atoms with Crippen molar-refractivity contribution in [3.8, 4) is 11.5 Å². The summed E-state index contributed by atoms with van der Waals surface area (Å²) >= 11 is 6.52. The number of anilines is 1. The molecule has 0 atom stereocenters. The third-order valence-electron chi connectivity index (χ3n) is 4.74. The molecule has 1 aliphatic heterocycles. The molecule has 0 radical (unpaired) electrons. The number of carbonyl (C=O) groups excluding carboxylic acids is 2. The van der Waals surface area contributed by atoms with Gasteiger partial charge in [-0.05, 0) is 36.3 Å². The highest BCUT2D eigenvalue weighted by molar-refractivity contribution is 8.26. The van der Waals surface area contributed by atoms with Crippen molar-refractivity contribution in [1.82, 2.24) is 4.90 Å². The van der Waals surface area contributed by atoms with E-state index in [-0.39, 0.29) is 36.2 Å². The van der Waals surface area contributed by atoms with Crippen molar-refractivity contribution in [2.45, 2.75) is 12.8 Å². The first-order valence-corrected chi connectivity index (χ1v) is 11.1. The molecule has 1 fully saturated rings. The fourth-order valence-electron chi connectivity index (χ4n) is 3.14. The first-order valence-electron chi connectivity index (χ1n) is 9.84. The molecule has 1 saturated heterocycles. The number of amides is 2. The van der Waals surface area contributed by atoms with Gasteiger partial charge in [-0.15, -0.1) is 0 Å².